The standard InChI is InChI=1S/C22H29N3O3/c1-22(2,25-11-13-28-14-12-25)16-23-21(26)24-18-8-6-7-17(15-18)19-9-4-5-10-20(19)27-3/h4-10,15H,11-14,16H2,1-3H3,(H2,23,24,26). The van der Waals surface area contributed by atoms with Gasteiger partial charge in [0, 0.05) is 36.4 Å². The highest BCUT2D eigenvalue weighted by Crippen LogP contribution is 2.30. The number of carbonyl (C=O) groups excluding carboxylic acids is 1. The van der Waals surface area contributed by atoms with E-state index >= 15 is 0 Å². The van der Waals surface area contributed by atoms with Gasteiger partial charge in [0.05, 0.1) is 20.3 Å². The van der Waals surface area contributed by atoms with Gasteiger partial charge in [-0.3, -0.25) is 4.90 Å². The van der Waals surface area contributed by atoms with Gasteiger partial charge in [-0.1, -0.05) is 30.3 Å². The van der Waals surface area contributed by atoms with E-state index in [2.05, 4.69) is 29.4 Å². The highest BCUT2D eigenvalue weighted by molar-refractivity contribution is 5.90. The van der Waals surface area contributed by atoms with Gasteiger partial charge >= 0.3 is 6.03 Å². The molecule has 0 saturated carbocycles. The van der Waals surface area contributed by atoms with E-state index in [1.54, 1.807) is 7.11 Å². The van der Waals surface area contributed by atoms with Gasteiger partial charge in [0.1, 0.15) is 5.75 Å². The molecule has 1 heterocycles. The van der Waals surface area contributed by atoms with Crippen LogP contribution in [-0.4, -0.2) is 56.4 Å². The van der Waals surface area contributed by atoms with Crippen molar-refractivity contribution in [2.45, 2.75) is 19.4 Å². The molecule has 1 aliphatic rings. The minimum absolute atomic E-state index is 0.125. The molecule has 3 rings (SSSR count). The number of morpholine rings is 1. The van der Waals surface area contributed by atoms with E-state index in [0.29, 0.717) is 6.54 Å². The van der Waals surface area contributed by atoms with E-state index in [1.807, 2.05) is 48.5 Å². The largest absolute Gasteiger partial charge is 0.496 e. The molecule has 0 unspecified atom stereocenters. The molecule has 2 N–H and O–H groups in total. The Kier molecular flexibility index (Phi) is 6.54. The fourth-order valence-corrected chi connectivity index (χ4v) is 3.40. The van der Waals surface area contributed by atoms with E-state index < -0.39 is 0 Å². The highest BCUT2D eigenvalue weighted by atomic mass is 16.5. The lowest BCUT2D eigenvalue weighted by Gasteiger charge is -2.40. The van der Waals surface area contributed by atoms with Crippen LogP contribution in [0.4, 0.5) is 10.5 Å². The summed E-state index contributed by atoms with van der Waals surface area (Å²) < 4.78 is 10.9. The summed E-state index contributed by atoms with van der Waals surface area (Å²) in [6, 6.07) is 15.4. The average Bonchev–Trinajstić information content (AvgIpc) is 2.73. The zero-order valence-electron chi connectivity index (χ0n) is 16.8. The molecule has 1 fully saturated rings. The van der Waals surface area contributed by atoms with Gasteiger partial charge < -0.3 is 20.1 Å². The monoisotopic (exact) mass is 383 g/mol. The summed E-state index contributed by atoms with van der Waals surface area (Å²) in [4.78, 5) is 14.8. The van der Waals surface area contributed by atoms with Gasteiger partial charge in [-0.05, 0) is 37.6 Å². The van der Waals surface area contributed by atoms with Crippen LogP contribution >= 0.6 is 0 Å². The molecule has 6 heteroatoms. The van der Waals surface area contributed by atoms with Gasteiger partial charge in [-0.15, -0.1) is 0 Å². The Hall–Kier alpha value is -2.57. The van der Waals surface area contributed by atoms with Crippen molar-refractivity contribution < 1.29 is 14.3 Å². The lowest BCUT2D eigenvalue weighted by atomic mass is 10.0. The van der Waals surface area contributed by atoms with Gasteiger partial charge in [0.2, 0.25) is 0 Å². The second-order valence-electron chi connectivity index (χ2n) is 7.50. The fraction of sp³-hybridized carbons (Fsp3) is 0.409. The number of para-hydroxylation sites is 1. The van der Waals surface area contributed by atoms with Crippen LogP contribution in [0.5, 0.6) is 5.75 Å². The zero-order chi connectivity index (χ0) is 20.0. The number of anilines is 1. The first kappa shape index (κ1) is 20.2. The first-order valence-corrected chi connectivity index (χ1v) is 9.61. The van der Waals surface area contributed by atoms with Crippen molar-refractivity contribution in [1.82, 2.24) is 10.2 Å². The normalized spacial score (nSPS) is 15.1. The first-order valence-electron chi connectivity index (χ1n) is 9.61. The predicted octanol–water partition coefficient (Wildman–Crippen LogP) is 3.59. The summed E-state index contributed by atoms with van der Waals surface area (Å²) in [5, 5.41) is 5.92. The van der Waals surface area contributed by atoms with Crippen molar-refractivity contribution in [3.63, 3.8) is 0 Å². The number of benzene rings is 2. The molecular formula is C22H29N3O3. The van der Waals surface area contributed by atoms with E-state index in [4.69, 9.17) is 9.47 Å². The fourth-order valence-electron chi connectivity index (χ4n) is 3.40. The number of ether oxygens (including phenoxy) is 2. The summed E-state index contributed by atoms with van der Waals surface area (Å²) in [6.07, 6.45) is 0. The molecule has 0 aliphatic carbocycles. The second-order valence-corrected chi connectivity index (χ2v) is 7.50. The second kappa shape index (κ2) is 9.08. The van der Waals surface area contributed by atoms with E-state index in [0.717, 1.165) is 48.9 Å². The number of nitrogens with one attached hydrogen (secondary N) is 2. The number of nitrogens with zero attached hydrogens (tertiary/aromatic N) is 1. The summed E-state index contributed by atoms with van der Waals surface area (Å²) in [7, 11) is 1.66. The molecule has 0 aromatic heterocycles. The molecule has 150 valence electrons. The third-order valence-corrected chi connectivity index (χ3v) is 5.09. The van der Waals surface area contributed by atoms with Gasteiger partial charge in [-0.25, -0.2) is 4.79 Å². The quantitative estimate of drug-likeness (QED) is 0.800. The Morgan fingerprint density at radius 1 is 1.14 bits per heavy atom. The number of hydrogen-bond donors (Lipinski definition) is 2. The van der Waals surface area contributed by atoms with Gasteiger partial charge in [0.25, 0.3) is 0 Å². The summed E-state index contributed by atoms with van der Waals surface area (Å²) in [6.45, 7) is 8.10. The molecule has 2 aromatic carbocycles. The smallest absolute Gasteiger partial charge is 0.319 e. The lowest BCUT2D eigenvalue weighted by Crippen LogP contribution is -2.55. The van der Waals surface area contributed by atoms with Crippen LogP contribution in [0.1, 0.15) is 13.8 Å². The summed E-state index contributed by atoms with van der Waals surface area (Å²) in [5.41, 5.74) is 2.59. The van der Waals surface area contributed by atoms with E-state index in [9.17, 15) is 4.79 Å². The molecule has 1 aliphatic heterocycles. The molecular weight excluding hydrogens is 354 g/mol. The number of hydrogen-bond acceptors (Lipinski definition) is 4. The van der Waals surface area contributed by atoms with Crippen LogP contribution in [0.2, 0.25) is 0 Å². The number of carbonyl (C=O) groups is 1. The number of methoxy groups -OCH3 is 1. The Labute approximate surface area is 166 Å². The molecule has 0 bridgehead atoms. The van der Waals surface area contributed by atoms with Crippen LogP contribution in [-0.2, 0) is 4.74 Å². The van der Waals surface area contributed by atoms with Crippen LogP contribution in [0.25, 0.3) is 11.1 Å². The van der Waals surface area contributed by atoms with Crippen molar-refractivity contribution in [2.24, 2.45) is 0 Å². The number of amides is 2. The first-order chi connectivity index (χ1) is 13.5. The van der Waals surface area contributed by atoms with Crippen molar-refractivity contribution in [3.05, 3.63) is 48.5 Å². The molecule has 2 aromatic rings. The molecule has 0 radical (unpaired) electrons. The highest BCUT2D eigenvalue weighted by Gasteiger charge is 2.28. The van der Waals surface area contributed by atoms with Crippen molar-refractivity contribution in [1.29, 1.82) is 0 Å². The molecule has 28 heavy (non-hydrogen) atoms. The molecule has 0 atom stereocenters. The molecule has 0 spiro atoms. The Bertz CT molecular complexity index is 801. The maximum Gasteiger partial charge on any atom is 0.319 e. The van der Waals surface area contributed by atoms with Gasteiger partial charge in [-0.2, -0.15) is 0 Å². The van der Waals surface area contributed by atoms with Crippen LogP contribution in [0.15, 0.2) is 48.5 Å². The van der Waals surface area contributed by atoms with Crippen molar-refractivity contribution in [3.8, 4) is 16.9 Å². The zero-order valence-corrected chi connectivity index (χ0v) is 16.8. The third-order valence-electron chi connectivity index (χ3n) is 5.09. The molecule has 2 amide bonds. The van der Waals surface area contributed by atoms with Crippen LogP contribution in [0.3, 0.4) is 0 Å². The maximum absolute atomic E-state index is 12.4. The summed E-state index contributed by atoms with van der Waals surface area (Å²) >= 11 is 0. The maximum atomic E-state index is 12.4. The van der Waals surface area contributed by atoms with E-state index in [1.165, 1.54) is 0 Å². The number of urea groups is 1. The number of rotatable bonds is 6. The van der Waals surface area contributed by atoms with Crippen molar-refractivity contribution in [2.75, 3.05) is 45.3 Å². The molecule has 6 nitrogen and oxygen atoms in total. The Morgan fingerprint density at radius 3 is 2.64 bits per heavy atom. The third kappa shape index (κ3) is 5.03. The Balaban J connectivity index is 1.61. The Morgan fingerprint density at radius 2 is 1.89 bits per heavy atom. The average molecular weight is 383 g/mol. The van der Waals surface area contributed by atoms with Crippen LogP contribution in [0, 0.1) is 0 Å². The molecule has 1 saturated heterocycles. The minimum atomic E-state index is -0.210. The van der Waals surface area contributed by atoms with Crippen LogP contribution < -0.4 is 15.4 Å². The SMILES string of the molecule is COc1ccccc1-c1cccc(NC(=O)NCC(C)(C)N2CCOCC2)c1. The topological polar surface area (TPSA) is 62.8 Å². The minimum Gasteiger partial charge on any atom is -0.496 e. The van der Waals surface area contributed by atoms with Gasteiger partial charge in [0.15, 0.2) is 0 Å². The summed E-state index contributed by atoms with van der Waals surface area (Å²) in [5.74, 6) is 0.802. The van der Waals surface area contributed by atoms with Crippen molar-refractivity contribution >= 4 is 11.7 Å². The lowest BCUT2D eigenvalue weighted by molar-refractivity contribution is -0.00863. The van der Waals surface area contributed by atoms with E-state index in [-0.39, 0.29) is 11.6 Å². The predicted molar refractivity (Wildman–Crippen MR) is 112 cm³/mol.